The van der Waals surface area contributed by atoms with E-state index in [4.69, 9.17) is 11.6 Å². The lowest BCUT2D eigenvalue weighted by Crippen LogP contribution is -2.43. The average Bonchev–Trinajstić information content (AvgIpc) is 2.78. The molecule has 1 amide bonds. The van der Waals surface area contributed by atoms with Crippen molar-refractivity contribution in [2.45, 2.75) is 24.8 Å². The van der Waals surface area contributed by atoms with E-state index in [2.05, 4.69) is 16.3 Å². The SMILES string of the molecule is O=C1Nc2cc(CCl)ccc2N2CCC[C@H]12. The van der Waals surface area contributed by atoms with Gasteiger partial charge < -0.3 is 10.2 Å². The van der Waals surface area contributed by atoms with Crippen LogP contribution in [0.5, 0.6) is 0 Å². The average molecular weight is 237 g/mol. The van der Waals surface area contributed by atoms with Crippen molar-refractivity contribution in [3.8, 4) is 0 Å². The predicted octanol–water partition coefficient (Wildman–Crippen LogP) is 2.35. The maximum atomic E-state index is 11.9. The highest BCUT2D eigenvalue weighted by molar-refractivity contribution is 6.17. The molecule has 1 N–H and O–H groups in total. The molecule has 0 bridgehead atoms. The molecule has 0 radical (unpaired) electrons. The van der Waals surface area contributed by atoms with Gasteiger partial charge in [0.15, 0.2) is 0 Å². The number of benzene rings is 1. The number of anilines is 2. The molecule has 1 aromatic carbocycles. The zero-order chi connectivity index (χ0) is 11.1. The minimum absolute atomic E-state index is 0.0364. The fourth-order valence-corrected chi connectivity index (χ4v) is 2.73. The Morgan fingerprint density at radius 1 is 1.50 bits per heavy atom. The Labute approximate surface area is 99.4 Å². The van der Waals surface area contributed by atoms with Crippen molar-refractivity contribution >= 4 is 28.9 Å². The first-order valence-corrected chi connectivity index (χ1v) is 6.09. The number of alkyl halides is 1. The summed E-state index contributed by atoms with van der Waals surface area (Å²) in [6.45, 7) is 0.977. The minimum atomic E-state index is 0.0364. The first-order valence-electron chi connectivity index (χ1n) is 5.56. The van der Waals surface area contributed by atoms with Crippen LogP contribution in [0.2, 0.25) is 0 Å². The predicted molar refractivity (Wildman–Crippen MR) is 65.0 cm³/mol. The van der Waals surface area contributed by atoms with Crippen LogP contribution in [0.4, 0.5) is 11.4 Å². The zero-order valence-electron chi connectivity index (χ0n) is 8.87. The molecule has 0 aromatic heterocycles. The van der Waals surface area contributed by atoms with Gasteiger partial charge in [-0.3, -0.25) is 4.79 Å². The Kier molecular flexibility index (Phi) is 2.28. The van der Waals surface area contributed by atoms with Gasteiger partial charge in [0.25, 0.3) is 0 Å². The fourth-order valence-electron chi connectivity index (χ4n) is 2.56. The maximum Gasteiger partial charge on any atom is 0.247 e. The van der Waals surface area contributed by atoms with Crippen molar-refractivity contribution in [2.24, 2.45) is 0 Å². The van der Waals surface area contributed by atoms with Crippen molar-refractivity contribution in [1.29, 1.82) is 0 Å². The van der Waals surface area contributed by atoms with E-state index in [1.165, 1.54) is 0 Å². The molecule has 1 saturated heterocycles. The summed E-state index contributed by atoms with van der Waals surface area (Å²) in [5.41, 5.74) is 3.08. The summed E-state index contributed by atoms with van der Waals surface area (Å²) in [6, 6.07) is 6.09. The number of hydrogen-bond acceptors (Lipinski definition) is 2. The number of nitrogens with zero attached hydrogens (tertiary/aromatic N) is 1. The third-order valence-corrected chi connectivity index (χ3v) is 3.65. The Morgan fingerprint density at radius 2 is 2.38 bits per heavy atom. The number of rotatable bonds is 1. The summed E-state index contributed by atoms with van der Waals surface area (Å²) in [4.78, 5) is 14.1. The van der Waals surface area contributed by atoms with E-state index in [9.17, 15) is 4.79 Å². The smallest absolute Gasteiger partial charge is 0.247 e. The molecule has 2 heterocycles. The Bertz CT molecular complexity index is 447. The normalized spacial score (nSPS) is 22.7. The van der Waals surface area contributed by atoms with Gasteiger partial charge in [0.1, 0.15) is 6.04 Å². The van der Waals surface area contributed by atoms with Gasteiger partial charge >= 0.3 is 0 Å². The highest BCUT2D eigenvalue weighted by Gasteiger charge is 2.36. The molecule has 3 nitrogen and oxygen atoms in total. The van der Waals surface area contributed by atoms with Gasteiger partial charge in [-0.15, -0.1) is 11.6 Å². The lowest BCUT2D eigenvalue weighted by atomic mass is 10.1. The molecule has 1 fully saturated rings. The Balaban J connectivity index is 2.06. The summed E-state index contributed by atoms with van der Waals surface area (Å²) in [5, 5.41) is 2.97. The number of hydrogen-bond donors (Lipinski definition) is 1. The van der Waals surface area contributed by atoms with Gasteiger partial charge in [0.05, 0.1) is 11.4 Å². The van der Waals surface area contributed by atoms with Crippen molar-refractivity contribution < 1.29 is 4.79 Å². The van der Waals surface area contributed by atoms with E-state index in [0.717, 1.165) is 36.3 Å². The van der Waals surface area contributed by atoms with Gasteiger partial charge in [0.2, 0.25) is 5.91 Å². The quantitative estimate of drug-likeness (QED) is 0.760. The molecule has 1 atom stereocenters. The molecule has 84 valence electrons. The van der Waals surface area contributed by atoms with Crippen molar-refractivity contribution in [2.75, 3.05) is 16.8 Å². The highest BCUT2D eigenvalue weighted by atomic mass is 35.5. The van der Waals surface area contributed by atoms with Crippen LogP contribution < -0.4 is 10.2 Å². The Hall–Kier alpha value is -1.22. The second-order valence-electron chi connectivity index (χ2n) is 4.33. The maximum absolute atomic E-state index is 11.9. The number of carbonyl (C=O) groups is 1. The van der Waals surface area contributed by atoms with E-state index in [1.807, 2.05) is 12.1 Å². The summed E-state index contributed by atoms with van der Waals surface area (Å²) in [6.07, 6.45) is 2.05. The molecule has 2 aliphatic rings. The molecule has 1 aromatic rings. The van der Waals surface area contributed by atoms with Crippen LogP contribution in [0, 0.1) is 0 Å². The lowest BCUT2D eigenvalue weighted by Gasteiger charge is -2.33. The highest BCUT2D eigenvalue weighted by Crippen LogP contribution is 2.37. The van der Waals surface area contributed by atoms with Gasteiger partial charge in [-0.25, -0.2) is 0 Å². The number of carbonyl (C=O) groups excluding carboxylic acids is 1. The van der Waals surface area contributed by atoms with Crippen LogP contribution in [0.1, 0.15) is 18.4 Å². The minimum Gasteiger partial charge on any atom is -0.358 e. The van der Waals surface area contributed by atoms with Gasteiger partial charge in [-0.1, -0.05) is 6.07 Å². The van der Waals surface area contributed by atoms with Crippen LogP contribution in [-0.4, -0.2) is 18.5 Å². The number of halogens is 1. The molecular formula is C12H13ClN2O. The number of nitrogens with one attached hydrogen (secondary N) is 1. The molecule has 0 saturated carbocycles. The summed E-state index contributed by atoms with van der Waals surface area (Å²) < 4.78 is 0. The molecular weight excluding hydrogens is 224 g/mol. The third-order valence-electron chi connectivity index (χ3n) is 3.34. The fraction of sp³-hybridized carbons (Fsp3) is 0.417. The summed E-state index contributed by atoms with van der Waals surface area (Å²) in [5.74, 6) is 0.601. The van der Waals surface area contributed by atoms with Crippen LogP contribution >= 0.6 is 11.6 Å². The second-order valence-corrected chi connectivity index (χ2v) is 4.59. The van der Waals surface area contributed by atoms with Crippen molar-refractivity contribution in [3.63, 3.8) is 0 Å². The second kappa shape index (κ2) is 3.67. The molecule has 4 heteroatoms. The lowest BCUT2D eigenvalue weighted by molar-refractivity contribution is -0.117. The standard InChI is InChI=1S/C12H13ClN2O/c13-7-8-3-4-10-9(6-8)14-12(16)11-2-1-5-15(10)11/h3-4,6,11H,1-2,5,7H2,(H,14,16)/t11-/m1/s1. The van der Waals surface area contributed by atoms with Crippen LogP contribution in [0.15, 0.2) is 18.2 Å². The zero-order valence-corrected chi connectivity index (χ0v) is 9.63. The Morgan fingerprint density at radius 3 is 3.19 bits per heavy atom. The van der Waals surface area contributed by atoms with Crippen LogP contribution in [-0.2, 0) is 10.7 Å². The van der Waals surface area contributed by atoms with Gasteiger partial charge in [-0.05, 0) is 30.5 Å². The topological polar surface area (TPSA) is 32.3 Å². The molecule has 3 rings (SSSR count). The van der Waals surface area contributed by atoms with E-state index >= 15 is 0 Å². The summed E-state index contributed by atoms with van der Waals surface area (Å²) >= 11 is 5.79. The van der Waals surface area contributed by atoms with E-state index in [-0.39, 0.29) is 11.9 Å². The van der Waals surface area contributed by atoms with Crippen LogP contribution in [0.3, 0.4) is 0 Å². The molecule has 0 unspecified atom stereocenters. The number of amides is 1. The van der Waals surface area contributed by atoms with Gasteiger partial charge in [0, 0.05) is 12.4 Å². The van der Waals surface area contributed by atoms with E-state index < -0.39 is 0 Å². The molecule has 16 heavy (non-hydrogen) atoms. The third kappa shape index (κ3) is 1.39. The van der Waals surface area contributed by atoms with Crippen molar-refractivity contribution in [3.05, 3.63) is 23.8 Å². The number of fused-ring (bicyclic) bond motifs is 3. The van der Waals surface area contributed by atoms with E-state index in [1.54, 1.807) is 0 Å². The largest absolute Gasteiger partial charge is 0.358 e. The molecule has 0 spiro atoms. The first-order chi connectivity index (χ1) is 7.79. The molecule has 0 aliphatic carbocycles. The molecule has 2 aliphatic heterocycles. The first kappa shape index (κ1) is 9.97. The van der Waals surface area contributed by atoms with Crippen LogP contribution in [0.25, 0.3) is 0 Å². The van der Waals surface area contributed by atoms with Crippen molar-refractivity contribution in [1.82, 2.24) is 0 Å². The van der Waals surface area contributed by atoms with Gasteiger partial charge in [-0.2, -0.15) is 0 Å². The summed E-state index contributed by atoms with van der Waals surface area (Å²) in [7, 11) is 0. The monoisotopic (exact) mass is 236 g/mol. The van der Waals surface area contributed by atoms with E-state index in [0.29, 0.717) is 5.88 Å².